The number of rotatable bonds is 1. The van der Waals surface area contributed by atoms with Crippen LogP contribution >= 0.6 is 0 Å². The summed E-state index contributed by atoms with van der Waals surface area (Å²) in [7, 11) is 0. The van der Waals surface area contributed by atoms with E-state index >= 15 is 0 Å². The van der Waals surface area contributed by atoms with Crippen LogP contribution in [0.3, 0.4) is 0 Å². The summed E-state index contributed by atoms with van der Waals surface area (Å²) in [6.45, 7) is 13.4. The van der Waals surface area contributed by atoms with E-state index in [0.717, 1.165) is 6.42 Å². The van der Waals surface area contributed by atoms with Crippen molar-refractivity contribution in [1.29, 1.82) is 0 Å². The van der Waals surface area contributed by atoms with E-state index in [-0.39, 0.29) is 5.41 Å². The van der Waals surface area contributed by atoms with E-state index in [1.807, 2.05) is 0 Å². The maximum atomic E-state index is 2.24. The van der Waals surface area contributed by atoms with Gasteiger partial charge in [0.25, 0.3) is 0 Å². The molecule has 0 spiro atoms. The Morgan fingerprint density at radius 1 is 1.17 bits per heavy atom. The quantitative estimate of drug-likeness (QED) is 0.587. The van der Waals surface area contributed by atoms with E-state index in [0.29, 0.717) is 0 Å². The SMILES string of the molecule is CCc1bbc(C(C)(C)C)cc1. The fourth-order valence-electron chi connectivity index (χ4n) is 1.24. The van der Waals surface area contributed by atoms with Crippen LogP contribution in [0.2, 0.25) is 0 Å². The zero-order valence-corrected chi connectivity index (χ0v) is 8.52. The molecule has 0 saturated heterocycles. The molecule has 0 unspecified atom stereocenters. The zero-order valence-electron chi connectivity index (χ0n) is 8.52. The van der Waals surface area contributed by atoms with Gasteiger partial charge in [-0.25, -0.2) is 0 Å². The molecule has 0 saturated carbocycles. The number of hydrogen-bond acceptors (Lipinski definition) is 0. The Bertz CT molecular complexity index is 244. The average Bonchev–Trinajstić information content (AvgIpc) is 2.03. The first-order chi connectivity index (χ1) is 5.54. The van der Waals surface area contributed by atoms with Crippen LogP contribution in [0, 0.1) is 0 Å². The van der Waals surface area contributed by atoms with Crippen LogP contribution in [0.1, 0.15) is 38.6 Å². The summed E-state index contributed by atoms with van der Waals surface area (Å²) in [5, 5.41) is 0. The fraction of sp³-hybridized carbons (Fsp3) is 0.600. The van der Waals surface area contributed by atoms with Crippen molar-refractivity contribution in [1.82, 2.24) is 0 Å². The Morgan fingerprint density at radius 3 is 2.17 bits per heavy atom. The number of aryl methyl sites for hydroxylation is 1. The van der Waals surface area contributed by atoms with E-state index in [4.69, 9.17) is 0 Å². The second-order valence-corrected chi connectivity index (χ2v) is 4.30. The summed E-state index contributed by atoms with van der Waals surface area (Å²) in [5.74, 6) is 0. The van der Waals surface area contributed by atoms with Gasteiger partial charge in [-0.15, -0.1) is 0 Å². The third-order valence-corrected chi connectivity index (χ3v) is 2.23. The van der Waals surface area contributed by atoms with Crippen molar-refractivity contribution in [3.8, 4) is 0 Å². The van der Waals surface area contributed by atoms with E-state index in [2.05, 4.69) is 53.4 Å². The van der Waals surface area contributed by atoms with Crippen LogP contribution in [0.5, 0.6) is 0 Å². The molecule has 1 aromatic rings. The van der Waals surface area contributed by atoms with Gasteiger partial charge in [-0.3, -0.25) is 0 Å². The summed E-state index contributed by atoms with van der Waals surface area (Å²) in [6, 6.07) is 4.46. The molecule has 0 aliphatic carbocycles. The van der Waals surface area contributed by atoms with Crippen molar-refractivity contribution in [2.45, 2.75) is 39.5 Å². The summed E-state index contributed by atoms with van der Waals surface area (Å²) < 4.78 is 0. The van der Waals surface area contributed by atoms with Crippen LogP contribution in [0.25, 0.3) is 0 Å². The molecule has 0 aromatic carbocycles. The fourth-order valence-corrected chi connectivity index (χ4v) is 1.24. The molecule has 0 N–H and O–H groups in total. The van der Waals surface area contributed by atoms with Crippen LogP contribution in [0.4, 0.5) is 0 Å². The van der Waals surface area contributed by atoms with Gasteiger partial charge in [0.1, 0.15) is 0 Å². The molecule has 0 nitrogen and oxygen atoms in total. The minimum atomic E-state index is 0.284. The second kappa shape index (κ2) is 3.55. The Hall–Kier alpha value is -0.390. The summed E-state index contributed by atoms with van der Waals surface area (Å²) >= 11 is 0. The van der Waals surface area contributed by atoms with Crippen molar-refractivity contribution >= 4 is 13.6 Å². The second-order valence-electron chi connectivity index (χ2n) is 4.30. The van der Waals surface area contributed by atoms with Crippen molar-refractivity contribution in [3.05, 3.63) is 23.1 Å². The van der Waals surface area contributed by atoms with Crippen LogP contribution < -0.4 is 0 Å². The molecular weight excluding hydrogens is 142 g/mol. The first-order valence-electron chi connectivity index (χ1n) is 4.63. The van der Waals surface area contributed by atoms with Crippen LogP contribution in [-0.2, 0) is 11.8 Å². The molecule has 1 rings (SSSR count). The molecule has 0 radical (unpaired) electrons. The molecule has 0 amide bonds. The molecule has 0 atom stereocenters. The maximum absolute atomic E-state index is 2.24. The van der Waals surface area contributed by atoms with Crippen molar-refractivity contribution in [3.63, 3.8) is 0 Å². The van der Waals surface area contributed by atoms with E-state index in [1.165, 1.54) is 10.9 Å². The van der Waals surface area contributed by atoms with Crippen LogP contribution in [-0.4, -0.2) is 13.6 Å². The molecule has 0 bridgehead atoms. The monoisotopic (exact) mass is 158 g/mol. The van der Waals surface area contributed by atoms with Gasteiger partial charge < -0.3 is 0 Å². The summed E-state index contributed by atoms with van der Waals surface area (Å²) in [4.78, 5) is 0. The molecule has 0 aliphatic rings. The third-order valence-electron chi connectivity index (χ3n) is 2.23. The standard InChI is InChI=1S/C10H16B2/c1-5-8-6-7-9(12-11-8)10(2,3)4/h6-7H,5H2,1-4H3. The molecule has 62 valence electrons. The van der Waals surface area contributed by atoms with Gasteiger partial charge in [0.05, 0.1) is 0 Å². The van der Waals surface area contributed by atoms with Gasteiger partial charge >= 0.3 is 76.2 Å². The van der Waals surface area contributed by atoms with E-state index < -0.39 is 0 Å². The van der Waals surface area contributed by atoms with Crippen molar-refractivity contribution in [2.75, 3.05) is 0 Å². The molecule has 0 fully saturated rings. The molecule has 1 heterocycles. The van der Waals surface area contributed by atoms with E-state index in [9.17, 15) is 0 Å². The third kappa shape index (κ3) is 2.30. The van der Waals surface area contributed by atoms with Gasteiger partial charge in [0, 0.05) is 0 Å². The van der Waals surface area contributed by atoms with Gasteiger partial charge in [-0.1, -0.05) is 0 Å². The zero-order chi connectivity index (χ0) is 9.19. The summed E-state index contributed by atoms with van der Waals surface area (Å²) in [5.41, 5.74) is 3.12. The van der Waals surface area contributed by atoms with Gasteiger partial charge in [0.15, 0.2) is 0 Å². The van der Waals surface area contributed by atoms with Crippen LogP contribution in [0.15, 0.2) is 12.1 Å². The van der Waals surface area contributed by atoms with Gasteiger partial charge in [-0.2, -0.15) is 0 Å². The van der Waals surface area contributed by atoms with Gasteiger partial charge in [0.2, 0.25) is 0 Å². The van der Waals surface area contributed by atoms with E-state index in [1.54, 1.807) is 0 Å². The molecular formula is C10H16B2. The normalized spacial score (nSPS) is 11.0. The number of hydrogen-bond donors (Lipinski definition) is 0. The topological polar surface area (TPSA) is 0 Å². The predicted molar refractivity (Wildman–Crippen MR) is 57.2 cm³/mol. The first kappa shape index (κ1) is 9.70. The Kier molecular flexibility index (Phi) is 2.87. The van der Waals surface area contributed by atoms with Crippen molar-refractivity contribution in [2.24, 2.45) is 0 Å². The molecule has 0 aliphatic heterocycles. The summed E-state index contributed by atoms with van der Waals surface area (Å²) in [6.07, 6.45) is 1.13. The minimum absolute atomic E-state index is 0.284. The van der Waals surface area contributed by atoms with Gasteiger partial charge in [-0.05, 0) is 0 Å². The molecule has 12 heavy (non-hydrogen) atoms. The molecule has 1 aromatic heterocycles. The Balaban J connectivity index is 2.93. The van der Waals surface area contributed by atoms with Crippen molar-refractivity contribution < 1.29 is 0 Å². The Labute approximate surface area is 76.8 Å². The average molecular weight is 158 g/mol. The Morgan fingerprint density at radius 2 is 1.83 bits per heavy atom. The predicted octanol–water partition coefficient (Wildman–Crippen LogP) is 2.22. The first-order valence-corrected chi connectivity index (χ1v) is 4.63. The molecule has 2 heteroatoms.